The third kappa shape index (κ3) is 3.34. The van der Waals surface area contributed by atoms with E-state index in [0.29, 0.717) is 5.56 Å². The largest absolute Gasteiger partial charge is 0.508 e. The maximum Gasteiger partial charge on any atom is 0.245 e. The summed E-state index contributed by atoms with van der Waals surface area (Å²) in [6.45, 7) is 2.01. The van der Waals surface area contributed by atoms with Crippen molar-refractivity contribution in [2.45, 2.75) is 18.4 Å². The molecular weight excluding hydrogens is 288 g/mol. The Morgan fingerprint density at radius 1 is 1.19 bits per heavy atom. The van der Waals surface area contributed by atoms with Crippen LogP contribution in [0.2, 0.25) is 0 Å². The summed E-state index contributed by atoms with van der Waals surface area (Å²) < 4.78 is 26.3. The molecular formula is C15H18N2O3S. The Labute approximate surface area is 124 Å². The van der Waals surface area contributed by atoms with E-state index in [1.165, 1.54) is 29.6 Å². The van der Waals surface area contributed by atoms with Gasteiger partial charge in [0.25, 0.3) is 0 Å². The highest BCUT2D eigenvalue weighted by Gasteiger charge is 2.23. The summed E-state index contributed by atoms with van der Waals surface area (Å²) in [4.78, 5) is 0.0933. The van der Waals surface area contributed by atoms with E-state index in [4.69, 9.17) is 5.73 Å². The van der Waals surface area contributed by atoms with Gasteiger partial charge in [-0.15, -0.1) is 0 Å². The lowest BCUT2D eigenvalue weighted by Crippen LogP contribution is -2.27. The third-order valence-corrected chi connectivity index (χ3v) is 5.05. The van der Waals surface area contributed by atoms with E-state index in [9.17, 15) is 13.5 Å². The number of aryl methyl sites for hydroxylation is 1. The summed E-state index contributed by atoms with van der Waals surface area (Å²) in [6, 6.07) is 11.4. The number of rotatable bonds is 4. The average molecular weight is 306 g/mol. The van der Waals surface area contributed by atoms with Gasteiger partial charge < -0.3 is 10.8 Å². The van der Waals surface area contributed by atoms with E-state index in [-0.39, 0.29) is 22.9 Å². The Kier molecular flexibility index (Phi) is 4.20. The summed E-state index contributed by atoms with van der Waals surface area (Å²) in [5.41, 5.74) is 7.66. The first-order chi connectivity index (χ1) is 9.80. The number of hydrogen-bond acceptors (Lipinski definition) is 4. The van der Waals surface area contributed by atoms with Crippen LogP contribution in [0.15, 0.2) is 47.4 Å². The van der Waals surface area contributed by atoms with Crippen molar-refractivity contribution in [3.63, 3.8) is 0 Å². The van der Waals surface area contributed by atoms with Gasteiger partial charge in [0.05, 0.1) is 5.69 Å². The summed E-state index contributed by atoms with van der Waals surface area (Å²) in [5.74, 6) is 0.105. The second-order valence-corrected chi connectivity index (χ2v) is 6.99. The van der Waals surface area contributed by atoms with Crippen molar-refractivity contribution < 1.29 is 13.5 Å². The highest BCUT2D eigenvalue weighted by Crippen LogP contribution is 2.24. The molecule has 2 aromatic carbocycles. The molecule has 112 valence electrons. The van der Waals surface area contributed by atoms with Crippen molar-refractivity contribution in [2.75, 3.05) is 12.8 Å². The molecule has 0 amide bonds. The van der Waals surface area contributed by atoms with Gasteiger partial charge in [0, 0.05) is 13.6 Å². The SMILES string of the molecule is Cc1ccc(S(=O)(=O)N(C)Cc2cccc(O)c2)c(N)c1. The van der Waals surface area contributed by atoms with Gasteiger partial charge in [-0.25, -0.2) is 8.42 Å². The highest BCUT2D eigenvalue weighted by molar-refractivity contribution is 7.89. The number of sulfonamides is 1. The monoisotopic (exact) mass is 306 g/mol. The Bertz CT molecular complexity index is 757. The molecule has 0 unspecified atom stereocenters. The van der Waals surface area contributed by atoms with Crippen molar-refractivity contribution in [1.29, 1.82) is 0 Å². The predicted molar refractivity (Wildman–Crippen MR) is 82.4 cm³/mol. The Morgan fingerprint density at radius 3 is 2.52 bits per heavy atom. The van der Waals surface area contributed by atoms with E-state index >= 15 is 0 Å². The quantitative estimate of drug-likeness (QED) is 0.847. The van der Waals surface area contributed by atoms with Crippen molar-refractivity contribution in [3.8, 4) is 5.75 Å². The topological polar surface area (TPSA) is 83.6 Å². The van der Waals surface area contributed by atoms with Crippen LogP contribution in [0.25, 0.3) is 0 Å². The molecule has 0 heterocycles. The van der Waals surface area contributed by atoms with Crippen LogP contribution < -0.4 is 5.73 Å². The molecule has 0 radical (unpaired) electrons. The molecule has 0 aromatic heterocycles. The minimum absolute atomic E-state index is 0.0933. The first-order valence-electron chi connectivity index (χ1n) is 6.41. The number of nitrogen functional groups attached to an aromatic ring is 1. The molecule has 0 atom stereocenters. The number of nitrogens with zero attached hydrogens (tertiary/aromatic N) is 1. The lowest BCUT2D eigenvalue weighted by atomic mass is 10.2. The van der Waals surface area contributed by atoms with Crippen LogP contribution >= 0.6 is 0 Å². The number of aromatic hydroxyl groups is 1. The number of hydrogen-bond donors (Lipinski definition) is 2. The number of benzene rings is 2. The summed E-state index contributed by atoms with van der Waals surface area (Å²) >= 11 is 0. The van der Waals surface area contributed by atoms with E-state index in [0.717, 1.165) is 5.56 Å². The van der Waals surface area contributed by atoms with Crippen molar-refractivity contribution in [1.82, 2.24) is 4.31 Å². The Hall–Kier alpha value is -2.05. The fourth-order valence-electron chi connectivity index (χ4n) is 2.07. The van der Waals surface area contributed by atoms with Crippen LogP contribution in [-0.2, 0) is 16.6 Å². The molecule has 3 N–H and O–H groups in total. The van der Waals surface area contributed by atoms with Crippen LogP contribution in [0, 0.1) is 6.92 Å². The summed E-state index contributed by atoms with van der Waals surface area (Å²) in [6.07, 6.45) is 0. The smallest absolute Gasteiger partial charge is 0.245 e. The maximum atomic E-state index is 12.5. The maximum absolute atomic E-state index is 12.5. The molecule has 21 heavy (non-hydrogen) atoms. The molecule has 0 aliphatic heterocycles. The molecule has 0 aliphatic rings. The first-order valence-corrected chi connectivity index (χ1v) is 7.85. The van der Waals surface area contributed by atoms with E-state index < -0.39 is 10.0 Å². The zero-order valence-electron chi connectivity index (χ0n) is 11.9. The van der Waals surface area contributed by atoms with E-state index in [1.54, 1.807) is 24.3 Å². The molecule has 0 bridgehead atoms. The summed E-state index contributed by atoms with van der Waals surface area (Å²) in [5, 5.41) is 9.43. The third-order valence-electron chi connectivity index (χ3n) is 3.17. The minimum atomic E-state index is -3.67. The molecule has 0 fully saturated rings. The summed E-state index contributed by atoms with van der Waals surface area (Å²) in [7, 11) is -2.19. The predicted octanol–water partition coefficient (Wildman–Crippen LogP) is 2.10. The van der Waals surface area contributed by atoms with Crippen LogP contribution in [0.1, 0.15) is 11.1 Å². The first kappa shape index (κ1) is 15.3. The molecule has 0 spiro atoms. The van der Waals surface area contributed by atoms with Crippen molar-refractivity contribution in [2.24, 2.45) is 0 Å². The zero-order valence-corrected chi connectivity index (χ0v) is 12.8. The standard InChI is InChI=1S/C15H18N2O3S/c1-11-6-7-15(14(16)8-11)21(19,20)17(2)10-12-4-3-5-13(18)9-12/h3-9,18H,10,16H2,1-2H3. The molecule has 5 nitrogen and oxygen atoms in total. The lowest BCUT2D eigenvalue weighted by molar-refractivity contribution is 0.458. The fourth-order valence-corrected chi connectivity index (χ4v) is 3.32. The zero-order chi connectivity index (χ0) is 15.6. The van der Waals surface area contributed by atoms with Crippen molar-refractivity contribution >= 4 is 15.7 Å². The van der Waals surface area contributed by atoms with Crippen LogP contribution in [0.4, 0.5) is 5.69 Å². The van der Waals surface area contributed by atoms with E-state index in [2.05, 4.69) is 0 Å². The Balaban J connectivity index is 2.30. The highest BCUT2D eigenvalue weighted by atomic mass is 32.2. The Morgan fingerprint density at radius 2 is 1.90 bits per heavy atom. The van der Waals surface area contributed by atoms with Crippen LogP contribution in [0.3, 0.4) is 0 Å². The number of anilines is 1. The second-order valence-electron chi connectivity index (χ2n) is 4.97. The van der Waals surface area contributed by atoms with Gasteiger partial charge >= 0.3 is 0 Å². The number of nitrogens with two attached hydrogens (primary N) is 1. The molecule has 6 heteroatoms. The number of phenolic OH excluding ortho intramolecular Hbond substituents is 1. The van der Waals surface area contributed by atoms with Gasteiger partial charge in [0.15, 0.2) is 0 Å². The van der Waals surface area contributed by atoms with E-state index in [1.807, 2.05) is 6.92 Å². The van der Waals surface area contributed by atoms with Gasteiger partial charge in [-0.1, -0.05) is 18.2 Å². The molecule has 0 saturated carbocycles. The normalized spacial score (nSPS) is 11.8. The fraction of sp³-hybridized carbons (Fsp3) is 0.200. The van der Waals surface area contributed by atoms with Gasteiger partial charge in [0.2, 0.25) is 10.0 Å². The van der Waals surface area contributed by atoms with Gasteiger partial charge in [-0.3, -0.25) is 0 Å². The molecule has 0 aliphatic carbocycles. The van der Waals surface area contributed by atoms with Gasteiger partial charge in [0.1, 0.15) is 10.6 Å². The molecule has 2 aromatic rings. The van der Waals surface area contributed by atoms with Gasteiger partial charge in [-0.05, 0) is 42.3 Å². The van der Waals surface area contributed by atoms with Crippen LogP contribution in [0.5, 0.6) is 5.75 Å². The second kappa shape index (κ2) is 5.75. The minimum Gasteiger partial charge on any atom is -0.508 e. The van der Waals surface area contributed by atoms with Crippen molar-refractivity contribution in [3.05, 3.63) is 53.6 Å². The van der Waals surface area contributed by atoms with Gasteiger partial charge in [-0.2, -0.15) is 4.31 Å². The average Bonchev–Trinajstić information content (AvgIpc) is 2.38. The molecule has 2 rings (SSSR count). The lowest BCUT2D eigenvalue weighted by Gasteiger charge is -2.18. The van der Waals surface area contributed by atoms with Crippen LogP contribution in [-0.4, -0.2) is 24.9 Å². The molecule has 0 saturated heterocycles. The number of phenols is 1.